The van der Waals surface area contributed by atoms with Gasteiger partial charge in [-0.05, 0) is 54.8 Å². The van der Waals surface area contributed by atoms with Gasteiger partial charge in [-0.3, -0.25) is 4.79 Å². The smallest absolute Gasteiger partial charge is 0.255 e. The molecule has 0 unspecified atom stereocenters. The fourth-order valence-corrected chi connectivity index (χ4v) is 4.73. The summed E-state index contributed by atoms with van der Waals surface area (Å²) in [6, 6.07) is 11.5. The fraction of sp³-hybridized carbons (Fsp3) is 0.435. The van der Waals surface area contributed by atoms with Crippen molar-refractivity contribution in [1.29, 1.82) is 0 Å². The molecule has 1 spiro atoms. The summed E-state index contributed by atoms with van der Waals surface area (Å²) in [5.74, 6) is -1.24. The lowest BCUT2D eigenvalue weighted by molar-refractivity contribution is -0.215. The van der Waals surface area contributed by atoms with Crippen LogP contribution < -0.4 is 10.2 Å². The molecule has 0 aliphatic carbocycles. The SMILES string of the molecule is O=C(Nc1cccc2c1CCCN2[C@H]1COCCC12OCCO2)c1ccc(F)cc1. The Bertz CT molecular complexity index is 927. The van der Waals surface area contributed by atoms with Crippen molar-refractivity contribution in [1.82, 2.24) is 0 Å². The molecule has 6 nitrogen and oxygen atoms in total. The van der Waals surface area contributed by atoms with Crippen LogP contribution in [0.2, 0.25) is 0 Å². The van der Waals surface area contributed by atoms with E-state index >= 15 is 0 Å². The van der Waals surface area contributed by atoms with Crippen LogP contribution in [-0.4, -0.2) is 50.7 Å². The van der Waals surface area contributed by atoms with Crippen molar-refractivity contribution in [3.8, 4) is 0 Å². The van der Waals surface area contributed by atoms with Crippen LogP contribution in [0.1, 0.15) is 28.8 Å². The third-order valence-corrected chi connectivity index (χ3v) is 6.17. The number of hydrogen-bond donors (Lipinski definition) is 1. The van der Waals surface area contributed by atoms with E-state index in [1.165, 1.54) is 24.3 Å². The lowest BCUT2D eigenvalue weighted by atomic mass is 9.93. The van der Waals surface area contributed by atoms with Gasteiger partial charge in [0, 0.05) is 29.9 Å². The zero-order valence-corrected chi connectivity index (χ0v) is 16.7. The lowest BCUT2D eigenvalue weighted by Crippen LogP contribution is -2.60. The lowest BCUT2D eigenvalue weighted by Gasteiger charge is -2.47. The van der Waals surface area contributed by atoms with Crippen molar-refractivity contribution in [2.45, 2.75) is 31.1 Å². The third-order valence-electron chi connectivity index (χ3n) is 6.17. The quantitative estimate of drug-likeness (QED) is 0.838. The molecule has 0 radical (unpaired) electrons. The molecule has 158 valence electrons. The van der Waals surface area contributed by atoms with Crippen LogP contribution in [0.25, 0.3) is 0 Å². The van der Waals surface area contributed by atoms with Crippen molar-refractivity contribution in [3.63, 3.8) is 0 Å². The van der Waals surface area contributed by atoms with Gasteiger partial charge in [-0.25, -0.2) is 4.39 Å². The molecule has 3 heterocycles. The van der Waals surface area contributed by atoms with E-state index in [4.69, 9.17) is 14.2 Å². The summed E-state index contributed by atoms with van der Waals surface area (Å²) in [6.07, 6.45) is 2.54. The number of ether oxygens (including phenoxy) is 3. The minimum Gasteiger partial charge on any atom is -0.379 e. The van der Waals surface area contributed by atoms with Gasteiger partial charge in [-0.2, -0.15) is 0 Å². The van der Waals surface area contributed by atoms with E-state index < -0.39 is 5.79 Å². The Labute approximate surface area is 174 Å². The van der Waals surface area contributed by atoms with Gasteiger partial charge in [0.1, 0.15) is 11.9 Å². The van der Waals surface area contributed by atoms with Gasteiger partial charge in [0.25, 0.3) is 5.91 Å². The summed E-state index contributed by atoms with van der Waals surface area (Å²) >= 11 is 0. The highest BCUT2D eigenvalue weighted by molar-refractivity contribution is 6.05. The molecule has 5 rings (SSSR count). The first-order chi connectivity index (χ1) is 14.7. The Morgan fingerprint density at radius 2 is 1.90 bits per heavy atom. The number of amides is 1. The minimum atomic E-state index is -0.625. The maximum absolute atomic E-state index is 13.2. The van der Waals surface area contributed by atoms with Crippen molar-refractivity contribution in [2.75, 3.05) is 43.2 Å². The van der Waals surface area contributed by atoms with Crippen LogP contribution in [0.5, 0.6) is 0 Å². The van der Waals surface area contributed by atoms with Gasteiger partial charge < -0.3 is 24.4 Å². The molecule has 2 aromatic carbocycles. The van der Waals surface area contributed by atoms with Gasteiger partial charge in [-0.1, -0.05) is 6.07 Å². The van der Waals surface area contributed by atoms with E-state index in [9.17, 15) is 9.18 Å². The van der Waals surface area contributed by atoms with Gasteiger partial charge >= 0.3 is 0 Å². The third kappa shape index (κ3) is 3.47. The van der Waals surface area contributed by atoms with Crippen molar-refractivity contribution >= 4 is 17.3 Å². The number of rotatable bonds is 3. The van der Waals surface area contributed by atoms with E-state index in [0.29, 0.717) is 38.4 Å². The molecule has 2 aromatic rings. The zero-order valence-electron chi connectivity index (χ0n) is 16.7. The predicted molar refractivity (Wildman–Crippen MR) is 110 cm³/mol. The molecule has 1 N–H and O–H groups in total. The first kappa shape index (κ1) is 19.5. The summed E-state index contributed by atoms with van der Waals surface area (Å²) in [6.45, 7) is 3.26. The van der Waals surface area contributed by atoms with Crippen LogP contribution in [0.4, 0.5) is 15.8 Å². The molecule has 3 aliphatic heterocycles. The first-order valence-corrected chi connectivity index (χ1v) is 10.5. The van der Waals surface area contributed by atoms with Gasteiger partial charge in [0.05, 0.1) is 26.4 Å². The Morgan fingerprint density at radius 1 is 1.10 bits per heavy atom. The first-order valence-electron chi connectivity index (χ1n) is 10.5. The van der Waals surface area contributed by atoms with E-state index in [2.05, 4.69) is 16.3 Å². The molecule has 3 aliphatic rings. The van der Waals surface area contributed by atoms with Crippen LogP contribution in [0.3, 0.4) is 0 Å². The number of carbonyl (C=O) groups excluding carboxylic acids is 1. The normalized spacial score (nSPS) is 22.7. The van der Waals surface area contributed by atoms with Gasteiger partial charge in [-0.15, -0.1) is 0 Å². The second-order valence-electron chi connectivity index (χ2n) is 7.91. The molecule has 30 heavy (non-hydrogen) atoms. The topological polar surface area (TPSA) is 60.0 Å². The van der Waals surface area contributed by atoms with Crippen LogP contribution in [-0.2, 0) is 20.6 Å². The van der Waals surface area contributed by atoms with E-state index in [1.54, 1.807) is 0 Å². The Balaban J connectivity index is 1.44. The summed E-state index contributed by atoms with van der Waals surface area (Å²) in [5.41, 5.74) is 3.38. The highest BCUT2D eigenvalue weighted by Gasteiger charge is 2.50. The highest BCUT2D eigenvalue weighted by Crippen LogP contribution is 2.40. The van der Waals surface area contributed by atoms with E-state index in [1.807, 2.05) is 12.1 Å². The number of nitrogens with one attached hydrogen (secondary N) is 1. The highest BCUT2D eigenvalue weighted by atomic mass is 19.1. The van der Waals surface area contributed by atoms with Crippen molar-refractivity contribution in [3.05, 3.63) is 59.4 Å². The maximum Gasteiger partial charge on any atom is 0.255 e. The Morgan fingerprint density at radius 3 is 2.70 bits per heavy atom. The monoisotopic (exact) mass is 412 g/mol. The summed E-state index contributed by atoms with van der Waals surface area (Å²) in [4.78, 5) is 15.0. The zero-order chi connectivity index (χ0) is 20.6. The van der Waals surface area contributed by atoms with Crippen molar-refractivity contribution < 1.29 is 23.4 Å². The average Bonchev–Trinajstić information content (AvgIpc) is 3.23. The molecular weight excluding hydrogens is 387 g/mol. The molecule has 1 amide bonds. The number of carbonyl (C=O) groups is 1. The summed E-state index contributed by atoms with van der Waals surface area (Å²) in [7, 11) is 0. The van der Waals surface area contributed by atoms with E-state index in [0.717, 1.165) is 36.3 Å². The molecule has 0 saturated carbocycles. The van der Waals surface area contributed by atoms with Crippen molar-refractivity contribution in [2.24, 2.45) is 0 Å². The number of nitrogens with zero attached hydrogens (tertiary/aromatic N) is 1. The van der Waals surface area contributed by atoms with Gasteiger partial charge in [0.15, 0.2) is 5.79 Å². The standard InChI is InChI=1S/C23H25FN2O4/c24-17-8-6-16(7-9-17)22(27)25-19-4-1-5-20-18(19)3-2-11-26(20)21-15-28-12-10-23(21)29-13-14-30-23/h1,4-9,21H,2-3,10-15H2,(H,25,27)/t21-/m0/s1. The molecule has 0 bridgehead atoms. The number of benzene rings is 2. The molecule has 1 atom stereocenters. The van der Waals surface area contributed by atoms with Crippen LogP contribution in [0, 0.1) is 5.82 Å². The molecule has 7 heteroatoms. The number of anilines is 2. The number of hydrogen-bond acceptors (Lipinski definition) is 5. The molecule has 0 aromatic heterocycles. The molecule has 2 fully saturated rings. The fourth-order valence-electron chi connectivity index (χ4n) is 4.73. The van der Waals surface area contributed by atoms with Crippen LogP contribution >= 0.6 is 0 Å². The minimum absolute atomic E-state index is 0.0316. The molecule has 2 saturated heterocycles. The maximum atomic E-state index is 13.2. The van der Waals surface area contributed by atoms with Crippen LogP contribution in [0.15, 0.2) is 42.5 Å². The molecular formula is C23H25FN2O4. The largest absolute Gasteiger partial charge is 0.379 e. The number of fused-ring (bicyclic) bond motifs is 1. The average molecular weight is 412 g/mol. The Kier molecular flexibility index (Phi) is 5.18. The van der Waals surface area contributed by atoms with E-state index in [-0.39, 0.29) is 17.8 Å². The second kappa shape index (κ2) is 7.98. The summed E-state index contributed by atoms with van der Waals surface area (Å²) < 4.78 is 31.1. The second-order valence-corrected chi connectivity index (χ2v) is 7.91. The number of halogens is 1. The summed E-state index contributed by atoms with van der Waals surface area (Å²) in [5, 5.41) is 3.01. The van der Waals surface area contributed by atoms with Gasteiger partial charge in [0.2, 0.25) is 0 Å². The Hall–Kier alpha value is -2.48. The predicted octanol–water partition coefficient (Wildman–Crippen LogP) is 3.36.